The summed E-state index contributed by atoms with van der Waals surface area (Å²) in [5, 5.41) is 20.8. The molecule has 1 aromatic carbocycles. The predicted octanol–water partition coefficient (Wildman–Crippen LogP) is 2.01. The Morgan fingerprint density at radius 2 is 2.22 bits per heavy atom. The Morgan fingerprint density at radius 1 is 1.50 bits per heavy atom. The molecule has 9 heteroatoms. The molecule has 0 spiro atoms. The molecule has 2 rings (SSSR count). The number of hydrogen-bond acceptors (Lipinski definition) is 5. The third-order valence-electron chi connectivity index (χ3n) is 2.17. The molecule has 0 aliphatic carbocycles. The maximum atomic E-state index is 13.3. The van der Waals surface area contributed by atoms with Gasteiger partial charge in [-0.25, -0.2) is 4.39 Å². The summed E-state index contributed by atoms with van der Waals surface area (Å²) in [6, 6.07) is 3.08. The lowest BCUT2D eigenvalue weighted by atomic mass is 10.2. The average Bonchev–Trinajstić information content (AvgIpc) is 2.76. The number of alkyl halides is 1. The first-order valence-corrected chi connectivity index (χ1v) is 5.30. The highest BCUT2D eigenvalue weighted by molar-refractivity contribution is 6.20. The van der Waals surface area contributed by atoms with Crippen molar-refractivity contribution in [1.29, 1.82) is 0 Å². The summed E-state index contributed by atoms with van der Waals surface area (Å²) >= 11 is 5.85. The molecule has 0 saturated heterocycles. The zero-order valence-electron chi connectivity index (χ0n) is 9.12. The summed E-state index contributed by atoms with van der Waals surface area (Å²) in [7, 11) is 0. The van der Waals surface area contributed by atoms with Crippen molar-refractivity contribution in [2.24, 2.45) is 0 Å². The summed E-state index contributed by atoms with van der Waals surface area (Å²) in [6.07, 6.45) is 0. The SMILES string of the molecule is CC(Cl)c1nnnn1-c1cc(F)cc([N+](=O)[O-])c1. The zero-order valence-corrected chi connectivity index (χ0v) is 9.87. The van der Waals surface area contributed by atoms with Gasteiger partial charge in [0.1, 0.15) is 5.82 Å². The summed E-state index contributed by atoms with van der Waals surface area (Å²) in [6.45, 7) is 1.64. The molecule has 0 aliphatic heterocycles. The van der Waals surface area contributed by atoms with Crippen LogP contribution in [-0.2, 0) is 0 Å². The van der Waals surface area contributed by atoms with Gasteiger partial charge in [0.2, 0.25) is 0 Å². The van der Waals surface area contributed by atoms with Crippen LogP contribution >= 0.6 is 11.6 Å². The molecule has 0 amide bonds. The van der Waals surface area contributed by atoms with E-state index in [9.17, 15) is 14.5 Å². The van der Waals surface area contributed by atoms with E-state index >= 15 is 0 Å². The van der Waals surface area contributed by atoms with Crippen molar-refractivity contribution >= 4 is 17.3 Å². The van der Waals surface area contributed by atoms with Crippen molar-refractivity contribution < 1.29 is 9.31 Å². The minimum atomic E-state index is -0.747. The van der Waals surface area contributed by atoms with Crippen molar-refractivity contribution in [1.82, 2.24) is 20.2 Å². The Kier molecular flexibility index (Phi) is 3.19. The number of nitrogens with zero attached hydrogens (tertiary/aromatic N) is 5. The number of non-ortho nitro benzene ring substituents is 1. The first kappa shape index (κ1) is 12.4. The minimum absolute atomic E-state index is 0.147. The average molecular weight is 272 g/mol. The lowest BCUT2D eigenvalue weighted by molar-refractivity contribution is -0.385. The van der Waals surface area contributed by atoms with Gasteiger partial charge in [0, 0.05) is 12.1 Å². The van der Waals surface area contributed by atoms with Crippen molar-refractivity contribution in [3.05, 3.63) is 40.0 Å². The van der Waals surface area contributed by atoms with Crippen molar-refractivity contribution in [2.45, 2.75) is 12.3 Å². The van der Waals surface area contributed by atoms with Crippen LogP contribution in [0.1, 0.15) is 18.1 Å². The minimum Gasteiger partial charge on any atom is -0.258 e. The van der Waals surface area contributed by atoms with Crippen LogP contribution in [0.25, 0.3) is 5.69 Å². The lowest BCUT2D eigenvalue weighted by Crippen LogP contribution is -2.05. The highest BCUT2D eigenvalue weighted by Crippen LogP contribution is 2.23. The van der Waals surface area contributed by atoms with Crippen LogP contribution in [0.3, 0.4) is 0 Å². The Hall–Kier alpha value is -2.09. The van der Waals surface area contributed by atoms with E-state index in [4.69, 9.17) is 11.6 Å². The number of benzene rings is 1. The molecule has 1 atom stereocenters. The number of aromatic nitrogens is 4. The molecule has 0 radical (unpaired) electrons. The quantitative estimate of drug-likeness (QED) is 0.484. The van der Waals surface area contributed by atoms with E-state index in [2.05, 4.69) is 15.5 Å². The molecule has 0 saturated carbocycles. The number of hydrogen-bond donors (Lipinski definition) is 0. The van der Waals surface area contributed by atoms with E-state index in [0.717, 1.165) is 16.8 Å². The molecule has 1 heterocycles. The molecular weight excluding hydrogens is 265 g/mol. The number of nitro benzene ring substituents is 1. The summed E-state index contributed by atoms with van der Waals surface area (Å²) in [4.78, 5) is 9.95. The van der Waals surface area contributed by atoms with Gasteiger partial charge < -0.3 is 0 Å². The van der Waals surface area contributed by atoms with Crippen LogP contribution in [0, 0.1) is 15.9 Å². The molecule has 1 aromatic heterocycles. The first-order chi connectivity index (χ1) is 8.49. The molecular formula is C9H7ClFN5O2. The zero-order chi connectivity index (χ0) is 13.3. The maximum absolute atomic E-state index is 13.3. The molecule has 94 valence electrons. The largest absolute Gasteiger partial charge is 0.274 e. The number of nitro groups is 1. The fourth-order valence-electron chi connectivity index (χ4n) is 1.41. The lowest BCUT2D eigenvalue weighted by Gasteiger charge is -2.05. The molecule has 0 fully saturated rings. The monoisotopic (exact) mass is 271 g/mol. The van der Waals surface area contributed by atoms with Gasteiger partial charge in [0.05, 0.1) is 22.1 Å². The Balaban J connectivity index is 2.57. The fraction of sp³-hybridized carbons (Fsp3) is 0.222. The Labute approximate surface area is 105 Å². The van der Waals surface area contributed by atoms with Crippen LogP contribution in [0.5, 0.6) is 0 Å². The van der Waals surface area contributed by atoms with E-state index in [1.165, 1.54) is 6.07 Å². The Bertz CT molecular complexity index is 600. The third kappa shape index (κ3) is 2.28. The highest BCUT2D eigenvalue weighted by atomic mass is 35.5. The van der Waals surface area contributed by atoms with Gasteiger partial charge in [-0.15, -0.1) is 16.7 Å². The summed E-state index contributed by atoms with van der Waals surface area (Å²) in [5.41, 5.74) is -0.233. The Morgan fingerprint density at radius 3 is 2.83 bits per heavy atom. The van der Waals surface area contributed by atoms with Crippen LogP contribution in [-0.4, -0.2) is 25.1 Å². The van der Waals surface area contributed by atoms with E-state index in [0.29, 0.717) is 0 Å². The second kappa shape index (κ2) is 4.65. The van der Waals surface area contributed by atoms with Gasteiger partial charge in [0.25, 0.3) is 5.69 Å². The van der Waals surface area contributed by atoms with Crippen LogP contribution < -0.4 is 0 Å². The first-order valence-electron chi connectivity index (χ1n) is 4.86. The van der Waals surface area contributed by atoms with E-state index in [-0.39, 0.29) is 17.2 Å². The van der Waals surface area contributed by atoms with Crippen LogP contribution in [0.15, 0.2) is 18.2 Å². The van der Waals surface area contributed by atoms with Gasteiger partial charge in [0.15, 0.2) is 5.82 Å². The topological polar surface area (TPSA) is 86.7 Å². The molecule has 2 aromatic rings. The standard InChI is InChI=1S/C9H7ClFN5O2/c1-5(10)9-12-13-14-15(9)7-2-6(11)3-8(4-7)16(17)18/h2-5H,1H3. The number of rotatable bonds is 3. The molecule has 0 N–H and O–H groups in total. The van der Waals surface area contributed by atoms with E-state index < -0.39 is 16.1 Å². The van der Waals surface area contributed by atoms with Crippen LogP contribution in [0.2, 0.25) is 0 Å². The molecule has 1 unspecified atom stereocenters. The van der Waals surface area contributed by atoms with Crippen molar-refractivity contribution in [3.8, 4) is 5.69 Å². The van der Waals surface area contributed by atoms with Gasteiger partial charge in [-0.2, -0.15) is 4.68 Å². The number of tetrazole rings is 1. The highest BCUT2D eigenvalue weighted by Gasteiger charge is 2.17. The fourth-order valence-corrected chi connectivity index (χ4v) is 1.55. The second-order valence-electron chi connectivity index (χ2n) is 3.49. The summed E-state index contributed by atoms with van der Waals surface area (Å²) < 4.78 is 14.5. The molecule has 0 aliphatic rings. The van der Waals surface area contributed by atoms with E-state index in [1.807, 2.05) is 0 Å². The normalized spacial score (nSPS) is 12.4. The maximum Gasteiger partial charge on any atom is 0.274 e. The van der Waals surface area contributed by atoms with Crippen molar-refractivity contribution in [3.63, 3.8) is 0 Å². The smallest absolute Gasteiger partial charge is 0.258 e. The van der Waals surface area contributed by atoms with Gasteiger partial charge in [-0.1, -0.05) is 0 Å². The molecule has 18 heavy (non-hydrogen) atoms. The van der Waals surface area contributed by atoms with Crippen LogP contribution in [0.4, 0.5) is 10.1 Å². The summed E-state index contributed by atoms with van der Waals surface area (Å²) in [5.74, 6) is -0.473. The van der Waals surface area contributed by atoms with Crippen molar-refractivity contribution in [2.75, 3.05) is 0 Å². The molecule has 0 bridgehead atoms. The van der Waals surface area contributed by atoms with Gasteiger partial charge in [-0.05, 0) is 17.4 Å². The van der Waals surface area contributed by atoms with Gasteiger partial charge in [-0.3, -0.25) is 10.1 Å². The predicted molar refractivity (Wildman–Crippen MR) is 60.0 cm³/mol. The number of halogens is 2. The second-order valence-corrected chi connectivity index (χ2v) is 4.14. The van der Waals surface area contributed by atoms with E-state index in [1.54, 1.807) is 6.92 Å². The molecule has 7 nitrogen and oxygen atoms in total. The van der Waals surface area contributed by atoms with Gasteiger partial charge >= 0.3 is 0 Å². The third-order valence-corrected chi connectivity index (χ3v) is 2.37.